The largest absolute Gasteiger partial charge is 0.492 e. The molecule has 0 aromatic heterocycles. The van der Waals surface area contributed by atoms with E-state index in [0.717, 1.165) is 0 Å². The van der Waals surface area contributed by atoms with E-state index in [9.17, 15) is 13.2 Å². The molecule has 0 fully saturated rings. The molecule has 102 valence electrons. The van der Waals surface area contributed by atoms with Gasteiger partial charge in [0.05, 0.1) is 6.54 Å². The molecule has 0 saturated heterocycles. The fourth-order valence-corrected chi connectivity index (χ4v) is 1.95. The first-order valence-corrected chi connectivity index (χ1v) is 6.66. The van der Waals surface area contributed by atoms with Crippen LogP contribution in [0.15, 0.2) is 30.3 Å². The van der Waals surface area contributed by atoms with Crippen LogP contribution in [0, 0.1) is 0 Å². The van der Waals surface area contributed by atoms with Crippen LogP contribution in [0.25, 0.3) is 0 Å². The van der Waals surface area contributed by atoms with E-state index < -0.39 is 12.7 Å². The molecule has 0 aliphatic heterocycles. The minimum atomic E-state index is -4.17. The summed E-state index contributed by atoms with van der Waals surface area (Å²) in [6, 6.07) is 9.05. The molecule has 0 radical (unpaired) electrons. The lowest BCUT2D eigenvalue weighted by atomic mass is 10.3. The Labute approximate surface area is 113 Å². The van der Waals surface area contributed by atoms with Crippen molar-refractivity contribution in [3.8, 4) is 5.75 Å². The number of para-hydroxylation sites is 1. The lowest BCUT2D eigenvalue weighted by molar-refractivity contribution is -0.145. The third-order valence-corrected chi connectivity index (χ3v) is 2.58. The van der Waals surface area contributed by atoms with Gasteiger partial charge in [0.15, 0.2) is 0 Å². The van der Waals surface area contributed by atoms with Gasteiger partial charge in [0.1, 0.15) is 12.4 Å². The smallest absolute Gasteiger partial charge is 0.401 e. The molecule has 18 heavy (non-hydrogen) atoms. The van der Waals surface area contributed by atoms with Gasteiger partial charge in [0.25, 0.3) is 0 Å². The molecule has 1 aromatic rings. The van der Waals surface area contributed by atoms with Gasteiger partial charge in [0.2, 0.25) is 0 Å². The van der Waals surface area contributed by atoms with Gasteiger partial charge in [0, 0.05) is 18.4 Å². The van der Waals surface area contributed by atoms with Gasteiger partial charge in [-0.15, -0.1) is 0 Å². The van der Waals surface area contributed by atoms with E-state index in [0.29, 0.717) is 17.6 Å². The molecule has 0 unspecified atom stereocenters. The highest BCUT2D eigenvalue weighted by Crippen LogP contribution is 2.16. The molecule has 0 heterocycles. The van der Waals surface area contributed by atoms with Gasteiger partial charge in [-0.05, 0) is 12.1 Å². The Bertz CT molecular complexity index is 332. The molecule has 0 amide bonds. The molecule has 1 aromatic carbocycles. The fourth-order valence-electron chi connectivity index (χ4n) is 1.45. The predicted molar refractivity (Wildman–Crippen MR) is 68.2 cm³/mol. The summed E-state index contributed by atoms with van der Waals surface area (Å²) in [7, 11) is 0. The van der Waals surface area contributed by atoms with Crippen LogP contribution in [0.4, 0.5) is 13.2 Å². The Morgan fingerprint density at radius 1 is 1.11 bits per heavy atom. The standard InChI is InChI=1S/C12H15BrF3NO/c13-6-7-17(10-12(14,15)16)8-9-18-11-4-2-1-3-5-11/h1-5H,6-10H2. The molecule has 0 bridgehead atoms. The Balaban J connectivity index is 2.33. The molecule has 0 saturated carbocycles. The highest BCUT2D eigenvalue weighted by Gasteiger charge is 2.30. The van der Waals surface area contributed by atoms with Crippen LogP contribution >= 0.6 is 15.9 Å². The van der Waals surface area contributed by atoms with Gasteiger partial charge < -0.3 is 4.74 Å². The summed E-state index contributed by atoms with van der Waals surface area (Å²) >= 11 is 3.14. The van der Waals surface area contributed by atoms with Crippen LogP contribution in [-0.2, 0) is 0 Å². The Morgan fingerprint density at radius 3 is 2.33 bits per heavy atom. The van der Waals surface area contributed by atoms with Gasteiger partial charge in [-0.1, -0.05) is 34.1 Å². The van der Waals surface area contributed by atoms with E-state index in [1.807, 2.05) is 18.2 Å². The van der Waals surface area contributed by atoms with Crippen molar-refractivity contribution in [3.63, 3.8) is 0 Å². The zero-order valence-corrected chi connectivity index (χ0v) is 11.4. The molecule has 6 heteroatoms. The van der Waals surface area contributed by atoms with Crippen LogP contribution in [0.3, 0.4) is 0 Å². The minimum absolute atomic E-state index is 0.243. The number of nitrogens with zero attached hydrogens (tertiary/aromatic N) is 1. The lowest BCUT2D eigenvalue weighted by Crippen LogP contribution is -2.38. The number of ether oxygens (including phenoxy) is 1. The third-order valence-electron chi connectivity index (χ3n) is 2.22. The first-order chi connectivity index (χ1) is 8.51. The topological polar surface area (TPSA) is 12.5 Å². The monoisotopic (exact) mass is 325 g/mol. The number of hydrogen-bond acceptors (Lipinski definition) is 2. The average molecular weight is 326 g/mol. The second-order valence-electron chi connectivity index (χ2n) is 3.74. The summed E-state index contributed by atoms with van der Waals surface area (Å²) in [5, 5.41) is 0.508. The molecule has 1 rings (SSSR count). The number of hydrogen-bond donors (Lipinski definition) is 0. The Hall–Kier alpha value is -0.750. The van der Waals surface area contributed by atoms with E-state index in [4.69, 9.17) is 4.74 Å². The molecule has 0 N–H and O–H groups in total. The Morgan fingerprint density at radius 2 is 1.78 bits per heavy atom. The molecular weight excluding hydrogens is 311 g/mol. The first kappa shape index (κ1) is 15.3. The molecule has 0 aliphatic rings. The molecule has 0 spiro atoms. The van der Waals surface area contributed by atoms with Crippen molar-refractivity contribution < 1.29 is 17.9 Å². The van der Waals surface area contributed by atoms with Crippen molar-refractivity contribution in [2.24, 2.45) is 0 Å². The first-order valence-electron chi connectivity index (χ1n) is 5.54. The quantitative estimate of drug-likeness (QED) is 0.713. The summed E-state index contributed by atoms with van der Waals surface area (Å²) in [4.78, 5) is 1.32. The highest BCUT2D eigenvalue weighted by atomic mass is 79.9. The van der Waals surface area contributed by atoms with Crippen LogP contribution < -0.4 is 4.74 Å². The van der Waals surface area contributed by atoms with Crippen LogP contribution in [0.1, 0.15) is 0 Å². The maximum absolute atomic E-state index is 12.3. The predicted octanol–water partition coefficient (Wildman–Crippen LogP) is 3.32. The van der Waals surface area contributed by atoms with Crippen molar-refractivity contribution in [2.45, 2.75) is 6.18 Å². The van der Waals surface area contributed by atoms with Gasteiger partial charge >= 0.3 is 6.18 Å². The van der Waals surface area contributed by atoms with Crippen molar-refractivity contribution in [1.29, 1.82) is 0 Å². The maximum atomic E-state index is 12.3. The number of halogens is 4. The molecule has 2 nitrogen and oxygen atoms in total. The van der Waals surface area contributed by atoms with Crippen molar-refractivity contribution in [1.82, 2.24) is 4.90 Å². The van der Waals surface area contributed by atoms with Gasteiger partial charge in [-0.3, -0.25) is 4.90 Å². The highest BCUT2D eigenvalue weighted by molar-refractivity contribution is 9.09. The SMILES string of the molecule is FC(F)(F)CN(CCBr)CCOc1ccccc1. The summed E-state index contributed by atoms with van der Waals surface area (Å²) in [6.45, 7) is -0.0679. The minimum Gasteiger partial charge on any atom is -0.492 e. The van der Waals surface area contributed by atoms with Crippen LogP contribution in [0.2, 0.25) is 0 Å². The average Bonchev–Trinajstić information content (AvgIpc) is 2.28. The number of rotatable bonds is 7. The van der Waals surface area contributed by atoms with E-state index in [1.54, 1.807) is 12.1 Å². The van der Waals surface area contributed by atoms with Gasteiger partial charge in [-0.25, -0.2) is 0 Å². The van der Waals surface area contributed by atoms with Crippen LogP contribution in [-0.4, -0.2) is 42.6 Å². The zero-order chi connectivity index (χ0) is 13.4. The van der Waals surface area contributed by atoms with Crippen molar-refractivity contribution in [3.05, 3.63) is 30.3 Å². The Kier molecular flexibility index (Phi) is 6.49. The normalized spacial score (nSPS) is 11.8. The van der Waals surface area contributed by atoms with Gasteiger partial charge in [-0.2, -0.15) is 13.2 Å². The molecule has 0 atom stereocenters. The summed E-state index contributed by atoms with van der Waals surface area (Å²) in [5.74, 6) is 0.670. The maximum Gasteiger partial charge on any atom is 0.401 e. The summed E-state index contributed by atoms with van der Waals surface area (Å²) < 4.78 is 42.2. The van der Waals surface area contributed by atoms with Crippen LogP contribution in [0.5, 0.6) is 5.75 Å². The lowest BCUT2D eigenvalue weighted by Gasteiger charge is -2.22. The molecular formula is C12H15BrF3NO. The second kappa shape index (κ2) is 7.63. The van der Waals surface area contributed by atoms with E-state index in [2.05, 4.69) is 15.9 Å². The number of benzene rings is 1. The molecule has 0 aliphatic carbocycles. The second-order valence-corrected chi connectivity index (χ2v) is 4.53. The van der Waals surface area contributed by atoms with E-state index >= 15 is 0 Å². The van der Waals surface area contributed by atoms with Crippen molar-refractivity contribution >= 4 is 15.9 Å². The fraction of sp³-hybridized carbons (Fsp3) is 0.500. The van der Waals surface area contributed by atoms with E-state index in [1.165, 1.54) is 4.90 Å². The summed E-state index contributed by atoms with van der Waals surface area (Å²) in [6.07, 6.45) is -4.17. The van der Waals surface area contributed by atoms with Crippen molar-refractivity contribution in [2.75, 3.05) is 31.6 Å². The third kappa shape index (κ3) is 6.86. The van der Waals surface area contributed by atoms with E-state index in [-0.39, 0.29) is 13.2 Å². The number of alkyl halides is 4. The summed E-state index contributed by atoms with van der Waals surface area (Å²) in [5.41, 5.74) is 0. The zero-order valence-electron chi connectivity index (χ0n) is 9.79.